The first-order chi connectivity index (χ1) is 6.62. The first-order valence-electron chi connectivity index (χ1n) is 4.41. The number of hydrogen-bond donors (Lipinski definition) is 1. The van der Waals surface area contributed by atoms with E-state index < -0.39 is 24.9 Å². The molecule has 0 aromatic rings. The van der Waals surface area contributed by atoms with E-state index in [0.717, 1.165) is 6.26 Å². The monoisotopic (exact) mass is 277 g/mol. The van der Waals surface area contributed by atoms with Crippen LogP contribution in [0.25, 0.3) is 0 Å². The highest BCUT2D eigenvalue weighted by atomic mass is 35.5. The summed E-state index contributed by atoms with van der Waals surface area (Å²) in [6, 6.07) is 0. The Hall–Kier alpha value is 0.150. The van der Waals surface area contributed by atoms with Gasteiger partial charge in [0.2, 0.25) is 10.0 Å². The fourth-order valence-corrected chi connectivity index (χ4v) is 4.13. The average Bonchev–Trinajstić information content (AvgIpc) is 1.93. The molecule has 1 N–H and O–H groups in total. The van der Waals surface area contributed by atoms with E-state index in [1.54, 1.807) is 0 Å². The minimum atomic E-state index is -3.72. The summed E-state index contributed by atoms with van der Waals surface area (Å²) in [6.07, 6.45) is 2.16. The van der Waals surface area contributed by atoms with Crippen molar-refractivity contribution >= 4 is 31.5 Å². The largest absolute Gasteiger partial charge is 0.228 e. The standard InChI is InChI=1S/C7H16ClNO4S2/c1-7(8)4-3-5-9-15(12,13)6-14(2,10)11/h7,9H,3-6H2,1-2H3. The zero-order chi connectivity index (χ0) is 12.1. The zero-order valence-electron chi connectivity index (χ0n) is 8.73. The number of hydrogen-bond acceptors (Lipinski definition) is 4. The highest BCUT2D eigenvalue weighted by Crippen LogP contribution is 2.02. The molecule has 0 saturated heterocycles. The fourth-order valence-electron chi connectivity index (χ4n) is 0.935. The molecule has 5 nitrogen and oxygen atoms in total. The summed E-state index contributed by atoms with van der Waals surface area (Å²) in [5, 5.41) is -0.874. The van der Waals surface area contributed by atoms with Crippen LogP contribution in [0, 0.1) is 0 Å². The van der Waals surface area contributed by atoms with Crippen molar-refractivity contribution in [2.24, 2.45) is 0 Å². The Balaban J connectivity index is 3.97. The average molecular weight is 278 g/mol. The lowest BCUT2D eigenvalue weighted by atomic mass is 10.2. The molecular formula is C7H16ClNO4S2. The number of sulfonamides is 1. The Labute approximate surface area is 96.2 Å². The van der Waals surface area contributed by atoms with Gasteiger partial charge in [0.1, 0.15) is 0 Å². The third-order valence-corrected chi connectivity index (χ3v) is 5.29. The molecule has 0 bridgehead atoms. The molecule has 0 aliphatic carbocycles. The van der Waals surface area contributed by atoms with Crippen molar-refractivity contribution < 1.29 is 16.8 Å². The predicted octanol–water partition coefficient (Wildman–Crippen LogP) is 0.315. The first-order valence-corrected chi connectivity index (χ1v) is 8.56. The maximum atomic E-state index is 11.2. The molecule has 1 unspecified atom stereocenters. The number of sulfone groups is 1. The van der Waals surface area contributed by atoms with Crippen LogP contribution in [0.4, 0.5) is 0 Å². The van der Waals surface area contributed by atoms with Crippen LogP contribution < -0.4 is 4.72 Å². The van der Waals surface area contributed by atoms with E-state index in [0.29, 0.717) is 12.8 Å². The molecule has 0 spiro atoms. The van der Waals surface area contributed by atoms with E-state index in [1.807, 2.05) is 6.92 Å². The second-order valence-corrected chi connectivity index (χ2v) is 8.53. The molecule has 0 aliphatic rings. The van der Waals surface area contributed by atoms with Gasteiger partial charge < -0.3 is 0 Å². The predicted molar refractivity (Wildman–Crippen MR) is 61.2 cm³/mol. The quantitative estimate of drug-likeness (QED) is 0.537. The Morgan fingerprint density at radius 3 is 2.20 bits per heavy atom. The van der Waals surface area contributed by atoms with Crippen LogP contribution in [0.15, 0.2) is 0 Å². The summed E-state index contributed by atoms with van der Waals surface area (Å²) in [6.45, 7) is 2.03. The van der Waals surface area contributed by atoms with Gasteiger partial charge in [-0.05, 0) is 19.8 Å². The summed E-state index contributed by atoms with van der Waals surface area (Å²) in [5.74, 6) is 0. The third kappa shape index (κ3) is 10.4. The molecule has 15 heavy (non-hydrogen) atoms. The van der Waals surface area contributed by atoms with Gasteiger partial charge in [-0.25, -0.2) is 21.6 Å². The Morgan fingerprint density at radius 1 is 1.27 bits per heavy atom. The molecule has 0 fully saturated rings. The lowest BCUT2D eigenvalue weighted by Gasteiger charge is -2.06. The molecular weight excluding hydrogens is 262 g/mol. The van der Waals surface area contributed by atoms with Crippen molar-refractivity contribution in [3.8, 4) is 0 Å². The van der Waals surface area contributed by atoms with Gasteiger partial charge in [0.15, 0.2) is 14.9 Å². The smallest absolute Gasteiger partial charge is 0.226 e. The molecule has 0 aromatic carbocycles. The van der Waals surface area contributed by atoms with Crippen LogP contribution in [-0.2, 0) is 19.9 Å². The van der Waals surface area contributed by atoms with Crippen LogP contribution in [0.2, 0.25) is 0 Å². The highest BCUT2D eigenvalue weighted by Gasteiger charge is 2.17. The Kier molecular flexibility index (Phi) is 6.09. The second kappa shape index (κ2) is 6.03. The SMILES string of the molecule is CC(Cl)CCCNS(=O)(=O)CS(C)(=O)=O. The van der Waals surface area contributed by atoms with Crippen LogP contribution in [0.1, 0.15) is 19.8 Å². The van der Waals surface area contributed by atoms with E-state index in [1.165, 1.54) is 0 Å². The molecule has 0 heterocycles. The minimum absolute atomic E-state index is 0.00980. The molecule has 8 heteroatoms. The lowest BCUT2D eigenvalue weighted by Crippen LogP contribution is -2.30. The number of alkyl halides is 1. The second-order valence-electron chi connectivity index (χ2n) is 3.48. The molecule has 0 aromatic heterocycles. The van der Waals surface area contributed by atoms with Gasteiger partial charge in [-0.3, -0.25) is 0 Å². The van der Waals surface area contributed by atoms with Crippen molar-refractivity contribution in [2.45, 2.75) is 25.1 Å². The van der Waals surface area contributed by atoms with E-state index in [4.69, 9.17) is 11.6 Å². The van der Waals surface area contributed by atoms with Crippen molar-refractivity contribution in [2.75, 3.05) is 17.9 Å². The summed E-state index contributed by atoms with van der Waals surface area (Å²) < 4.78 is 46.0. The van der Waals surface area contributed by atoms with Gasteiger partial charge in [0.05, 0.1) is 0 Å². The van der Waals surface area contributed by atoms with Crippen LogP contribution in [0.3, 0.4) is 0 Å². The van der Waals surface area contributed by atoms with Crippen molar-refractivity contribution in [1.29, 1.82) is 0 Å². The van der Waals surface area contributed by atoms with Crippen molar-refractivity contribution in [3.63, 3.8) is 0 Å². The molecule has 0 amide bonds. The summed E-state index contributed by atoms with van der Waals surface area (Å²) in [5.41, 5.74) is 0. The minimum Gasteiger partial charge on any atom is -0.228 e. The van der Waals surface area contributed by atoms with Crippen molar-refractivity contribution in [1.82, 2.24) is 4.72 Å². The first kappa shape index (κ1) is 15.2. The zero-order valence-corrected chi connectivity index (χ0v) is 11.1. The van der Waals surface area contributed by atoms with Crippen LogP contribution in [-0.4, -0.2) is 40.1 Å². The van der Waals surface area contributed by atoms with Gasteiger partial charge in [0, 0.05) is 18.2 Å². The number of nitrogens with one attached hydrogen (secondary N) is 1. The van der Waals surface area contributed by atoms with Gasteiger partial charge in [-0.1, -0.05) is 0 Å². The normalized spacial score (nSPS) is 15.1. The van der Waals surface area contributed by atoms with E-state index >= 15 is 0 Å². The highest BCUT2D eigenvalue weighted by molar-refractivity contribution is 8.06. The van der Waals surface area contributed by atoms with E-state index in [2.05, 4.69) is 4.72 Å². The number of rotatable bonds is 7. The van der Waals surface area contributed by atoms with E-state index in [-0.39, 0.29) is 11.9 Å². The summed E-state index contributed by atoms with van der Waals surface area (Å²) in [7, 11) is -7.23. The van der Waals surface area contributed by atoms with Crippen LogP contribution >= 0.6 is 11.6 Å². The Bertz CT molecular complexity index is 374. The van der Waals surface area contributed by atoms with Gasteiger partial charge in [-0.15, -0.1) is 11.6 Å². The summed E-state index contributed by atoms with van der Waals surface area (Å²) >= 11 is 5.66. The molecule has 0 aliphatic heterocycles. The number of halogens is 1. The summed E-state index contributed by atoms with van der Waals surface area (Å²) in [4.78, 5) is 0. The molecule has 92 valence electrons. The van der Waals surface area contributed by atoms with Crippen LogP contribution in [0.5, 0.6) is 0 Å². The fraction of sp³-hybridized carbons (Fsp3) is 1.00. The van der Waals surface area contributed by atoms with E-state index in [9.17, 15) is 16.8 Å². The third-order valence-electron chi connectivity index (χ3n) is 1.47. The molecule has 0 rings (SSSR count). The van der Waals surface area contributed by atoms with Gasteiger partial charge in [0.25, 0.3) is 0 Å². The molecule has 0 radical (unpaired) electrons. The maximum absolute atomic E-state index is 11.2. The van der Waals surface area contributed by atoms with Gasteiger partial charge >= 0.3 is 0 Å². The lowest BCUT2D eigenvalue weighted by molar-refractivity contribution is 0.576. The Morgan fingerprint density at radius 2 is 1.80 bits per heavy atom. The topological polar surface area (TPSA) is 80.3 Å². The molecule has 0 saturated carbocycles. The maximum Gasteiger partial charge on any atom is 0.226 e. The molecule has 1 atom stereocenters. The van der Waals surface area contributed by atoms with Crippen molar-refractivity contribution in [3.05, 3.63) is 0 Å². The van der Waals surface area contributed by atoms with Gasteiger partial charge in [-0.2, -0.15) is 0 Å².